The molecule has 7 nitrogen and oxygen atoms in total. The molecular formula is C14H14F8N6O. The topological polar surface area (TPSA) is 69.0 Å². The summed E-state index contributed by atoms with van der Waals surface area (Å²) in [6.45, 7) is -1.02. The van der Waals surface area contributed by atoms with Gasteiger partial charge in [-0.05, 0) is 6.92 Å². The van der Waals surface area contributed by atoms with Crippen molar-refractivity contribution in [3.05, 3.63) is 0 Å². The summed E-state index contributed by atoms with van der Waals surface area (Å²) in [7, 11) is 0. The number of hydrogen-bond donors (Lipinski definition) is 0. The second kappa shape index (κ2) is 7.09. The van der Waals surface area contributed by atoms with Gasteiger partial charge in [-0.2, -0.15) is 36.3 Å². The Morgan fingerprint density at radius 3 is 2.38 bits per heavy atom. The molecule has 2 aromatic heterocycles. The zero-order valence-electron chi connectivity index (χ0n) is 14.7. The smallest absolute Gasteiger partial charge is 0.425 e. The van der Waals surface area contributed by atoms with E-state index in [4.69, 9.17) is 0 Å². The largest absolute Gasteiger partial charge is 0.451 e. The molecule has 3 heterocycles. The second-order valence-corrected chi connectivity index (χ2v) is 6.51. The first kappa shape index (κ1) is 21.2. The highest BCUT2D eigenvalue weighted by Crippen LogP contribution is 2.34. The highest BCUT2D eigenvalue weighted by Gasteiger charge is 2.41. The minimum Gasteiger partial charge on any atom is -0.451 e. The number of halogens is 8. The summed E-state index contributed by atoms with van der Waals surface area (Å²) in [6.07, 6.45) is -13.5. The Morgan fingerprint density at radius 2 is 1.83 bits per heavy atom. The lowest BCUT2D eigenvalue weighted by Crippen LogP contribution is -2.32. The van der Waals surface area contributed by atoms with Crippen molar-refractivity contribution in [1.82, 2.24) is 25.0 Å². The molecule has 1 atom stereocenters. The average molecular weight is 434 g/mol. The molecule has 1 aliphatic rings. The van der Waals surface area contributed by atoms with Gasteiger partial charge in [-0.3, -0.25) is 0 Å². The van der Waals surface area contributed by atoms with Crippen molar-refractivity contribution in [3.8, 4) is 6.01 Å². The maximum Gasteiger partial charge on any atom is 0.425 e. The number of anilines is 1. The fourth-order valence-electron chi connectivity index (χ4n) is 2.62. The van der Waals surface area contributed by atoms with Crippen LogP contribution in [0.3, 0.4) is 0 Å². The zero-order chi connectivity index (χ0) is 21.6. The van der Waals surface area contributed by atoms with Gasteiger partial charge in [0.05, 0.1) is 19.5 Å². The molecular weight excluding hydrogens is 420 g/mol. The van der Waals surface area contributed by atoms with E-state index in [1.165, 1.54) is 0 Å². The van der Waals surface area contributed by atoms with E-state index in [1.54, 1.807) is 0 Å². The van der Waals surface area contributed by atoms with Gasteiger partial charge in [0.2, 0.25) is 0 Å². The Labute approximate surface area is 157 Å². The van der Waals surface area contributed by atoms with E-state index in [0.29, 0.717) is 11.6 Å². The number of hydrogen-bond acceptors (Lipinski definition) is 6. The van der Waals surface area contributed by atoms with Gasteiger partial charge in [-0.1, -0.05) is 5.21 Å². The molecule has 1 saturated heterocycles. The molecule has 0 N–H and O–H groups in total. The molecule has 0 bridgehead atoms. The maximum atomic E-state index is 13.6. The Balaban J connectivity index is 2.02. The molecule has 0 aliphatic carbocycles. The lowest BCUT2D eigenvalue weighted by Gasteiger charge is -2.20. The van der Waals surface area contributed by atoms with Crippen LogP contribution in [0.15, 0.2) is 0 Å². The number of fused-ring (bicyclic) bond motifs is 1. The predicted octanol–water partition coefficient (Wildman–Crippen LogP) is 3.35. The average Bonchev–Trinajstić information content (AvgIpc) is 3.13. The summed E-state index contributed by atoms with van der Waals surface area (Å²) in [4.78, 5) is 8.48. The van der Waals surface area contributed by atoms with Crippen LogP contribution in [0.1, 0.15) is 19.8 Å². The van der Waals surface area contributed by atoms with Gasteiger partial charge in [0.25, 0.3) is 5.92 Å². The van der Waals surface area contributed by atoms with Gasteiger partial charge in [-0.25, -0.2) is 13.5 Å². The van der Waals surface area contributed by atoms with Crippen LogP contribution < -0.4 is 9.64 Å². The summed E-state index contributed by atoms with van der Waals surface area (Å²) in [5, 5.41) is 7.14. The van der Waals surface area contributed by atoms with E-state index >= 15 is 0 Å². The molecule has 0 saturated carbocycles. The molecule has 29 heavy (non-hydrogen) atoms. The minimum atomic E-state index is -4.77. The van der Waals surface area contributed by atoms with Gasteiger partial charge in [0.1, 0.15) is 0 Å². The number of nitrogens with zero attached hydrogens (tertiary/aromatic N) is 6. The molecule has 0 amide bonds. The quantitative estimate of drug-likeness (QED) is 0.673. The van der Waals surface area contributed by atoms with E-state index in [1.807, 2.05) is 0 Å². The Bertz CT molecular complexity index is 879. The molecule has 162 valence electrons. The van der Waals surface area contributed by atoms with E-state index in [9.17, 15) is 35.1 Å². The van der Waals surface area contributed by atoms with Crippen molar-refractivity contribution >= 4 is 17.0 Å². The predicted molar refractivity (Wildman–Crippen MR) is 81.7 cm³/mol. The number of alkyl halides is 8. The van der Waals surface area contributed by atoms with Crippen molar-refractivity contribution in [2.75, 3.05) is 18.0 Å². The van der Waals surface area contributed by atoms with Crippen LogP contribution >= 0.6 is 0 Å². The van der Waals surface area contributed by atoms with Crippen molar-refractivity contribution in [3.63, 3.8) is 0 Å². The monoisotopic (exact) mass is 434 g/mol. The molecule has 15 heteroatoms. The molecule has 0 aromatic carbocycles. The SMILES string of the molecule is C[C@H](Oc1nc(N2CCC(F)(F)C2)c2nnn(CCC(F)(F)F)c2n1)C(F)(F)F. The molecule has 0 spiro atoms. The molecule has 2 aromatic rings. The van der Waals surface area contributed by atoms with Crippen LogP contribution in [0.25, 0.3) is 11.2 Å². The third kappa shape index (κ3) is 4.93. The normalized spacial score (nSPS) is 18.4. The third-order valence-corrected chi connectivity index (χ3v) is 4.14. The highest BCUT2D eigenvalue weighted by atomic mass is 19.4. The van der Waals surface area contributed by atoms with Crippen LogP contribution in [-0.2, 0) is 6.54 Å². The first-order valence-corrected chi connectivity index (χ1v) is 8.29. The maximum absolute atomic E-state index is 13.6. The first-order chi connectivity index (χ1) is 13.3. The number of rotatable bonds is 5. The van der Waals surface area contributed by atoms with Gasteiger partial charge >= 0.3 is 18.4 Å². The van der Waals surface area contributed by atoms with E-state index < -0.39 is 56.3 Å². The van der Waals surface area contributed by atoms with Crippen LogP contribution in [0.4, 0.5) is 40.9 Å². The Kier molecular flexibility index (Phi) is 5.19. The summed E-state index contributed by atoms with van der Waals surface area (Å²) >= 11 is 0. The Morgan fingerprint density at radius 1 is 1.14 bits per heavy atom. The van der Waals surface area contributed by atoms with Gasteiger partial charge in [-0.15, -0.1) is 5.10 Å². The van der Waals surface area contributed by atoms with E-state index in [-0.39, 0.29) is 23.5 Å². The summed E-state index contributed by atoms with van der Waals surface area (Å²) in [5.41, 5.74) is -0.560. The first-order valence-electron chi connectivity index (χ1n) is 8.29. The molecule has 1 fully saturated rings. The lowest BCUT2D eigenvalue weighted by atomic mass is 10.3. The van der Waals surface area contributed by atoms with Crippen molar-refractivity contribution in [2.45, 2.75) is 50.7 Å². The lowest BCUT2D eigenvalue weighted by molar-refractivity contribution is -0.190. The van der Waals surface area contributed by atoms with Crippen molar-refractivity contribution < 1.29 is 39.9 Å². The van der Waals surface area contributed by atoms with Gasteiger partial charge in [0.15, 0.2) is 23.1 Å². The van der Waals surface area contributed by atoms with Crippen LogP contribution in [0, 0.1) is 0 Å². The van der Waals surface area contributed by atoms with Gasteiger partial charge in [0, 0.05) is 13.0 Å². The van der Waals surface area contributed by atoms with Gasteiger partial charge < -0.3 is 9.64 Å². The zero-order valence-corrected chi connectivity index (χ0v) is 14.7. The second-order valence-electron chi connectivity index (χ2n) is 6.51. The van der Waals surface area contributed by atoms with Crippen LogP contribution in [-0.4, -0.2) is 62.4 Å². The highest BCUT2D eigenvalue weighted by molar-refractivity contribution is 5.83. The number of aromatic nitrogens is 5. The Hall–Kier alpha value is -2.48. The molecule has 0 radical (unpaired) electrons. The van der Waals surface area contributed by atoms with Crippen LogP contribution in [0.2, 0.25) is 0 Å². The van der Waals surface area contributed by atoms with E-state index in [0.717, 1.165) is 4.90 Å². The van der Waals surface area contributed by atoms with Crippen LogP contribution in [0.5, 0.6) is 6.01 Å². The fourth-order valence-corrected chi connectivity index (χ4v) is 2.62. The molecule has 0 unspecified atom stereocenters. The fraction of sp³-hybridized carbons (Fsp3) is 0.714. The third-order valence-electron chi connectivity index (χ3n) is 4.14. The molecule has 3 rings (SSSR count). The van der Waals surface area contributed by atoms with Crippen molar-refractivity contribution in [1.29, 1.82) is 0 Å². The minimum absolute atomic E-state index is 0.192. The number of aryl methyl sites for hydroxylation is 1. The summed E-state index contributed by atoms with van der Waals surface area (Å²) in [5.74, 6) is -3.35. The molecule has 1 aliphatic heterocycles. The van der Waals surface area contributed by atoms with E-state index in [2.05, 4.69) is 25.0 Å². The summed E-state index contributed by atoms with van der Waals surface area (Å²) in [6, 6.07) is -0.830. The van der Waals surface area contributed by atoms with Crippen molar-refractivity contribution in [2.24, 2.45) is 0 Å². The number of ether oxygens (including phenoxy) is 1. The standard InChI is InChI=1S/C14H14F8N6O/c1-7(14(20,21)22)29-11-23-9(27-4-2-12(15,16)6-27)8-10(24-11)28(26-25-8)5-3-13(17,18)19/h7H,2-6H2,1H3/t7-/m0/s1. The summed E-state index contributed by atoms with van der Waals surface area (Å²) < 4.78 is 108.